The van der Waals surface area contributed by atoms with Crippen LogP contribution in [-0.2, 0) is 9.59 Å². The molecule has 0 amide bonds. The van der Waals surface area contributed by atoms with E-state index >= 15 is 0 Å². The fourth-order valence-corrected chi connectivity index (χ4v) is 2.55. The first-order valence-corrected chi connectivity index (χ1v) is 7.31. The van der Waals surface area contributed by atoms with Crippen molar-refractivity contribution in [1.82, 2.24) is 15.4 Å². The maximum atomic E-state index is 8.12. The Hall–Kier alpha value is -2.40. The van der Waals surface area contributed by atoms with Crippen molar-refractivity contribution in [2.75, 3.05) is 0 Å². The molecule has 0 saturated heterocycles. The molecule has 0 radical (unpaired) electrons. The first-order chi connectivity index (χ1) is 10.7. The highest BCUT2D eigenvalue weighted by atomic mass is 35.5. The fraction of sp³-hybridized carbons (Fsp3) is 0. The van der Waals surface area contributed by atoms with E-state index in [1.54, 1.807) is 18.0 Å². The maximum absolute atomic E-state index is 8.12. The van der Waals surface area contributed by atoms with Gasteiger partial charge in [-0.25, -0.2) is 0 Å². The van der Waals surface area contributed by atoms with E-state index in [4.69, 9.17) is 21.2 Å². The Bertz CT molecular complexity index is 737. The number of hydrogen-bond acceptors (Lipinski definition) is 5. The summed E-state index contributed by atoms with van der Waals surface area (Å²) >= 11 is 7.46. The molecule has 0 atom stereocenters. The third-order valence-corrected chi connectivity index (χ3v) is 3.81. The molecule has 0 unspecified atom stereocenters. The lowest BCUT2D eigenvalue weighted by Gasteiger charge is -2.03. The molecule has 5 nitrogen and oxygen atoms in total. The Morgan fingerprint density at radius 1 is 0.955 bits per heavy atom. The van der Waals surface area contributed by atoms with Gasteiger partial charge in [-0.05, 0) is 35.4 Å². The summed E-state index contributed by atoms with van der Waals surface area (Å²) < 4.78 is 0. The molecule has 0 aliphatic carbocycles. The third kappa shape index (κ3) is 4.56. The lowest BCUT2D eigenvalue weighted by Crippen LogP contribution is -1.78. The SMILES string of the molecule is Clc1ccc(-c2ccc(Sc3cn[nH]n3)cc2)cc1.O=C=O. The van der Waals surface area contributed by atoms with E-state index < -0.39 is 0 Å². The number of nitrogens with one attached hydrogen (secondary N) is 1. The fourth-order valence-electron chi connectivity index (χ4n) is 1.72. The van der Waals surface area contributed by atoms with Crippen LogP contribution in [-0.4, -0.2) is 21.6 Å². The number of hydrogen-bond donors (Lipinski definition) is 1. The number of halogens is 1. The second-order valence-electron chi connectivity index (χ2n) is 4.02. The molecular formula is C15H10ClN3O2S. The molecule has 0 aliphatic rings. The summed E-state index contributed by atoms with van der Waals surface area (Å²) in [4.78, 5) is 17.4. The summed E-state index contributed by atoms with van der Waals surface area (Å²) in [6, 6.07) is 16.2. The Morgan fingerprint density at radius 2 is 1.50 bits per heavy atom. The van der Waals surface area contributed by atoms with Gasteiger partial charge in [0.15, 0.2) is 0 Å². The van der Waals surface area contributed by atoms with Crippen LogP contribution in [0.15, 0.2) is 64.6 Å². The molecule has 1 N–H and O–H groups in total. The third-order valence-electron chi connectivity index (χ3n) is 2.65. The predicted octanol–water partition coefficient (Wildman–Crippen LogP) is 3.69. The lowest BCUT2D eigenvalue weighted by atomic mass is 10.1. The van der Waals surface area contributed by atoms with E-state index in [-0.39, 0.29) is 6.15 Å². The van der Waals surface area contributed by atoms with Gasteiger partial charge in [0.25, 0.3) is 0 Å². The van der Waals surface area contributed by atoms with Crippen LogP contribution in [0.5, 0.6) is 0 Å². The van der Waals surface area contributed by atoms with Crippen LogP contribution in [0.4, 0.5) is 0 Å². The van der Waals surface area contributed by atoms with E-state index in [1.165, 1.54) is 5.56 Å². The molecule has 7 heteroatoms. The molecule has 0 spiro atoms. The highest BCUT2D eigenvalue weighted by Gasteiger charge is 2.01. The van der Waals surface area contributed by atoms with E-state index in [1.807, 2.05) is 24.3 Å². The van der Waals surface area contributed by atoms with Gasteiger partial charge in [0, 0.05) is 9.92 Å². The van der Waals surface area contributed by atoms with Crippen molar-refractivity contribution in [1.29, 1.82) is 0 Å². The normalized spacial score (nSPS) is 9.50. The molecule has 1 heterocycles. The Balaban J connectivity index is 0.000000545. The molecule has 0 saturated carbocycles. The standard InChI is InChI=1S/C14H10ClN3S.CO2/c15-12-5-1-10(2-6-12)11-3-7-13(8-4-11)19-14-9-16-18-17-14;2-1-3/h1-9H,(H,16,17,18);. The number of nitrogens with zero attached hydrogens (tertiary/aromatic N) is 2. The van der Waals surface area contributed by atoms with E-state index in [0.29, 0.717) is 0 Å². The highest BCUT2D eigenvalue weighted by Crippen LogP contribution is 2.28. The molecule has 1 aromatic heterocycles. The molecule has 110 valence electrons. The minimum atomic E-state index is 0.250. The van der Waals surface area contributed by atoms with Crippen LogP contribution in [0.25, 0.3) is 11.1 Å². The smallest absolute Gasteiger partial charge is 0.197 e. The van der Waals surface area contributed by atoms with Gasteiger partial charge in [-0.15, -0.1) is 5.10 Å². The predicted molar refractivity (Wildman–Crippen MR) is 82.4 cm³/mol. The van der Waals surface area contributed by atoms with Crippen molar-refractivity contribution in [3.05, 3.63) is 59.8 Å². The molecule has 0 fully saturated rings. The van der Waals surface area contributed by atoms with Crippen LogP contribution < -0.4 is 0 Å². The molecular weight excluding hydrogens is 322 g/mol. The van der Waals surface area contributed by atoms with Crippen LogP contribution in [0.1, 0.15) is 0 Å². The summed E-state index contributed by atoms with van der Waals surface area (Å²) in [7, 11) is 0. The summed E-state index contributed by atoms with van der Waals surface area (Å²) in [5, 5.41) is 12.0. The van der Waals surface area contributed by atoms with Gasteiger partial charge in [-0.1, -0.05) is 47.6 Å². The molecule has 3 aromatic rings. The van der Waals surface area contributed by atoms with Crippen LogP contribution >= 0.6 is 23.4 Å². The second-order valence-corrected chi connectivity index (χ2v) is 5.56. The largest absolute Gasteiger partial charge is 0.373 e. The molecule has 2 aromatic carbocycles. The minimum Gasteiger partial charge on any atom is -0.197 e. The first kappa shape index (κ1) is 16.0. The van der Waals surface area contributed by atoms with E-state index in [2.05, 4.69) is 39.7 Å². The number of aromatic nitrogens is 3. The van der Waals surface area contributed by atoms with Crippen molar-refractivity contribution in [3.63, 3.8) is 0 Å². The zero-order chi connectivity index (χ0) is 15.8. The van der Waals surface area contributed by atoms with Crippen LogP contribution in [0.3, 0.4) is 0 Å². The average Bonchev–Trinajstić information content (AvgIpc) is 3.03. The summed E-state index contributed by atoms with van der Waals surface area (Å²) in [5.74, 6) is 0. The van der Waals surface area contributed by atoms with Gasteiger partial charge in [0.1, 0.15) is 5.03 Å². The Kier molecular flexibility index (Phi) is 5.91. The monoisotopic (exact) mass is 331 g/mol. The van der Waals surface area contributed by atoms with Gasteiger partial charge < -0.3 is 0 Å². The molecule has 0 aliphatic heterocycles. The van der Waals surface area contributed by atoms with Gasteiger partial charge in [-0.2, -0.15) is 19.9 Å². The van der Waals surface area contributed by atoms with Gasteiger partial charge in [0.2, 0.25) is 0 Å². The van der Waals surface area contributed by atoms with Crippen LogP contribution in [0, 0.1) is 0 Å². The minimum absolute atomic E-state index is 0.250. The summed E-state index contributed by atoms with van der Waals surface area (Å²) in [6.45, 7) is 0. The van der Waals surface area contributed by atoms with Crippen molar-refractivity contribution < 1.29 is 9.59 Å². The average molecular weight is 332 g/mol. The topological polar surface area (TPSA) is 75.7 Å². The highest BCUT2D eigenvalue weighted by molar-refractivity contribution is 7.99. The zero-order valence-electron chi connectivity index (χ0n) is 11.2. The van der Waals surface area contributed by atoms with Gasteiger partial charge in [0.05, 0.1) is 6.20 Å². The number of H-pyrrole nitrogens is 1. The van der Waals surface area contributed by atoms with Crippen molar-refractivity contribution in [3.8, 4) is 11.1 Å². The quantitative estimate of drug-likeness (QED) is 0.792. The Labute approximate surface area is 135 Å². The molecule has 3 rings (SSSR count). The van der Waals surface area contributed by atoms with Crippen molar-refractivity contribution in [2.45, 2.75) is 9.92 Å². The van der Waals surface area contributed by atoms with Crippen molar-refractivity contribution >= 4 is 29.5 Å². The van der Waals surface area contributed by atoms with E-state index in [9.17, 15) is 0 Å². The number of aromatic amines is 1. The molecule has 0 bridgehead atoms. The Morgan fingerprint density at radius 3 is 2.00 bits per heavy atom. The van der Waals surface area contributed by atoms with Gasteiger partial charge >= 0.3 is 6.15 Å². The summed E-state index contributed by atoms with van der Waals surface area (Å²) in [6.07, 6.45) is 1.96. The number of rotatable bonds is 3. The molecule has 22 heavy (non-hydrogen) atoms. The number of carbonyl (C=O) groups excluding carboxylic acids is 2. The number of benzene rings is 2. The lowest BCUT2D eigenvalue weighted by molar-refractivity contribution is -0.191. The maximum Gasteiger partial charge on any atom is 0.373 e. The first-order valence-electron chi connectivity index (χ1n) is 6.12. The second kappa shape index (κ2) is 8.14. The van der Waals surface area contributed by atoms with Crippen LogP contribution in [0.2, 0.25) is 5.02 Å². The van der Waals surface area contributed by atoms with E-state index in [0.717, 1.165) is 20.5 Å². The summed E-state index contributed by atoms with van der Waals surface area (Å²) in [5.41, 5.74) is 2.32. The zero-order valence-corrected chi connectivity index (χ0v) is 12.8. The van der Waals surface area contributed by atoms with Gasteiger partial charge in [-0.3, -0.25) is 0 Å². The van der Waals surface area contributed by atoms with Crippen molar-refractivity contribution in [2.24, 2.45) is 0 Å².